The van der Waals surface area contributed by atoms with Crippen molar-refractivity contribution in [3.63, 3.8) is 0 Å². The van der Waals surface area contributed by atoms with E-state index in [4.69, 9.17) is 33.9 Å². The van der Waals surface area contributed by atoms with Crippen LogP contribution in [0.2, 0.25) is 10.0 Å². The Kier molecular flexibility index (Phi) is 3.89. The van der Waals surface area contributed by atoms with E-state index in [2.05, 4.69) is 0 Å². The van der Waals surface area contributed by atoms with Gasteiger partial charge in [-0.3, -0.25) is 4.79 Å². The molecule has 3 rings (SSSR count). The van der Waals surface area contributed by atoms with Crippen molar-refractivity contribution in [3.05, 3.63) is 27.7 Å². The predicted molar refractivity (Wildman–Crippen MR) is 81.7 cm³/mol. The van der Waals surface area contributed by atoms with Crippen LogP contribution in [0.4, 0.5) is 0 Å². The molecule has 2 fully saturated rings. The fraction of sp³-hybridized carbons (Fsp3) is 0.462. The first-order valence-electron chi connectivity index (χ1n) is 6.52. The minimum Gasteiger partial charge on any atom is -0.335 e. The minimum absolute atomic E-state index is 0.0209. The summed E-state index contributed by atoms with van der Waals surface area (Å²) in [6.07, 6.45) is 3.10. The number of benzene rings is 1. The zero-order chi connectivity index (χ0) is 15.4. The van der Waals surface area contributed by atoms with Crippen molar-refractivity contribution in [1.82, 2.24) is 4.90 Å². The van der Waals surface area contributed by atoms with Crippen molar-refractivity contribution in [2.45, 2.75) is 30.2 Å². The zero-order valence-corrected chi connectivity index (χ0v) is 13.9. The molecule has 2 bridgehead atoms. The molecule has 0 aromatic heterocycles. The number of nitrogens with zero attached hydrogens (tertiary/aromatic N) is 1. The Bertz CT molecular complexity index is 720. The lowest BCUT2D eigenvalue weighted by molar-refractivity contribution is 0.0704. The normalized spacial score (nSPS) is 24.6. The summed E-state index contributed by atoms with van der Waals surface area (Å²) in [6, 6.07) is 2.75. The Morgan fingerprint density at radius 3 is 2.48 bits per heavy atom. The van der Waals surface area contributed by atoms with Gasteiger partial charge < -0.3 is 4.90 Å². The second kappa shape index (κ2) is 5.30. The molecule has 114 valence electrons. The fourth-order valence-electron chi connectivity index (χ4n) is 3.23. The molecule has 1 saturated heterocycles. The average Bonchev–Trinajstić information content (AvgIpc) is 2.99. The molecule has 1 aromatic rings. The highest BCUT2D eigenvalue weighted by Gasteiger charge is 2.41. The quantitative estimate of drug-likeness (QED) is 0.750. The van der Waals surface area contributed by atoms with Gasteiger partial charge in [-0.05, 0) is 37.3 Å². The highest BCUT2D eigenvalue weighted by Crippen LogP contribution is 2.40. The number of hydrogen-bond acceptors (Lipinski definition) is 3. The number of carbonyl (C=O) groups excluding carboxylic acids is 1. The molecule has 2 aliphatic rings. The summed E-state index contributed by atoms with van der Waals surface area (Å²) >= 11 is 12.1. The van der Waals surface area contributed by atoms with Gasteiger partial charge in [0.15, 0.2) is 0 Å². The maximum atomic E-state index is 12.7. The largest absolute Gasteiger partial charge is 0.335 e. The highest BCUT2D eigenvalue weighted by atomic mass is 35.7. The van der Waals surface area contributed by atoms with E-state index in [1.54, 1.807) is 4.90 Å². The molecule has 2 atom stereocenters. The van der Waals surface area contributed by atoms with Crippen LogP contribution in [0.1, 0.15) is 29.6 Å². The van der Waals surface area contributed by atoms with Gasteiger partial charge in [0.05, 0.1) is 15.6 Å². The second-order valence-corrected chi connectivity index (χ2v) is 8.78. The molecule has 1 heterocycles. The lowest BCUT2D eigenvalue weighted by Crippen LogP contribution is -2.38. The second-order valence-electron chi connectivity index (χ2n) is 5.46. The molecular weight excluding hydrogens is 357 g/mol. The van der Waals surface area contributed by atoms with E-state index >= 15 is 0 Å². The lowest BCUT2D eigenvalue weighted by atomic mass is 10.1. The topological polar surface area (TPSA) is 54.5 Å². The van der Waals surface area contributed by atoms with Gasteiger partial charge in [0.2, 0.25) is 0 Å². The number of amides is 1. The molecule has 0 N–H and O–H groups in total. The summed E-state index contributed by atoms with van der Waals surface area (Å²) in [5.41, 5.74) is 0.0209. The molecule has 0 radical (unpaired) electrons. The van der Waals surface area contributed by atoms with E-state index in [0.717, 1.165) is 19.3 Å². The molecule has 0 spiro atoms. The van der Waals surface area contributed by atoms with Crippen molar-refractivity contribution < 1.29 is 13.2 Å². The van der Waals surface area contributed by atoms with Gasteiger partial charge in [0, 0.05) is 23.3 Å². The molecule has 1 aromatic carbocycles. The van der Waals surface area contributed by atoms with E-state index < -0.39 is 9.05 Å². The SMILES string of the molecule is O=C(c1c(Cl)ccc(S(=O)(=O)Cl)c1Cl)N1CC2CCC1C2. The number of fused-ring (bicyclic) bond motifs is 2. The first-order chi connectivity index (χ1) is 9.79. The third-order valence-electron chi connectivity index (χ3n) is 4.20. The predicted octanol–water partition coefficient (Wildman–Crippen LogP) is 3.55. The van der Waals surface area contributed by atoms with Gasteiger partial charge in [-0.2, -0.15) is 0 Å². The van der Waals surface area contributed by atoms with E-state index in [1.807, 2.05) is 0 Å². The van der Waals surface area contributed by atoms with Crippen molar-refractivity contribution in [3.8, 4) is 0 Å². The molecule has 4 nitrogen and oxygen atoms in total. The van der Waals surface area contributed by atoms with Crippen LogP contribution in [0, 0.1) is 5.92 Å². The first kappa shape index (κ1) is 15.4. The van der Waals surface area contributed by atoms with Crippen molar-refractivity contribution in [1.29, 1.82) is 0 Å². The Labute approximate surface area is 137 Å². The highest BCUT2D eigenvalue weighted by molar-refractivity contribution is 8.13. The number of carbonyl (C=O) groups is 1. The fourth-order valence-corrected chi connectivity index (χ4v) is 5.12. The third kappa shape index (κ3) is 2.65. The van der Waals surface area contributed by atoms with Crippen LogP contribution >= 0.6 is 33.9 Å². The molecule has 21 heavy (non-hydrogen) atoms. The van der Waals surface area contributed by atoms with Crippen LogP contribution in [0.3, 0.4) is 0 Å². The van der Waals surface area contributed by atoms with Gasteiger partial charge in [0.1, 0.15) is 4.90 Å². The molecule has 2 unspecified atom stereocenters. The number of piperidine rings is 1. The van der Waals surface area contributed by atoms with Crippen molar-refractivity contribution >= 4 is 48.8 Å². The van der Waals surface area contributed by atoms with Crippen molar-refractivity contribution in [2.24, 2.45) is 5.92 Å². The van der Waals surface area contributed by atoms with Crippen molar-refractivity contribution in [2.75, 3.05) is 6.54 Å². The lowest BCUT2D eigenvalue weighted by Gasteiger charge is -2.27. The van der Waals surface area contributed by atoms with E-state index in [1.165, 1.54) is 12.1 Å². The number of likely N-dealkylation sites (tertiary alicyclic amines) is 1. The Balaban J connectivity index is 2.04. The smallest absolute Gasteiger partial charge is 0.262 e. The van der Waals surface area contributed by atoms with Crippen LogP contribution in [0.5, 0.6) is 0 Å². The molecule has 1 amide bonds. The van der Waals surface area contributed by atoms with Gasteiger partial charge in [-0.25, -0.2) is 8.42 Å². The van der Waals surface area contributed by atoms with Crippen LogP contribution in [0.25, 0.3) is 0 Å². The summed E-state index contributed by atoms with van der Waals surface area (Å²) in [5.74, 6) is 0.204. The molecule has 1 aliphatic heterocycles. The first-order valence-corrected chi connectivity index (χ1v) is 9.59. The summed E-state index contributed by atoms with van der Waals surface area (Å²) < 4.78 is 23.0. The standard InChI is InChI=1S/C13H12Cl3NO3S/c14-9-3-4-10(21(16,19)20)12(15)11(9)13(18)17-6-7-1-2-8(17)5-7/h3-4,7-8H,1-2,5-6H2. The van der Waals surface area contributed by atoms with Crippen LogP contribution in [-0.2, 0) is 9.05 Å². The van der Waals surface area contributed by atoms with Gasteiger partial charge in [-0.1, -0.05) is 23.2 Å². The summed E-state index contributed by atoms with van der Waals surface area (Å²) in [6.45, 7) is 0.675. The Morgan fingerprint density at radius 1 is 1.24 bits per heavy atom. The Morgan fingerprint density at radius 2 is 1.95 bits per heavy atom. The molecule has 1 aliphatic carbocycles. The van der Waals surface area contributed by atoms with Crippen LogP contribution in [-0.4, -0.2) is 31.8 Å². The zero-order valence-electron chi connectivity index (χ0n) is 10.9. The average molecular weight is 369 g/mol. The number of halogens is 3. The third-order valence-corrected chi connectivity index (χ3v) is 6.39. The molecular formula is C13H12Cl3NO3S. The van der Waals surface area contributed by atoms with Gasteiger partial charge >= 0.3 is 0 Å². The molecule has 8 heteroatoms. The van der Waals surface area contributed by atoms with Crippen LogP contribution in [0.15, 0.2) is 17.0 Å². The minimum atomic E-state index is -4.03. The Hall–Kier alpha value is -0.490. The van der Waals surface area contributed by atoms with Gasteiger partial charge in [-0.15, -0.1) is 0 Å². The van der Waals surface area contributed by atoms with E-state index in [0.29, 0.717) is 12.5 Å². The van der Waals surface area contributed by atoms with E-state index in [-0.39, 0.29) is 32.5 Å². The summed E-state index contributed by atoms with van der Waals surface area (Å²) in [7, 11) is 1.31. The molecule has 1 saturated carbocycles. The van der Waals surface area contributed by atoms with E-state index in [9.17, 15) is 13.2 Å². The summed E-state index contributed by atoms with van der Waals surface area (Å²) in [5, 5.41) is -0.0675. The maximum absolute atomic E-state index is 12.7. The van der Waals surface area contributed by atoms with Gasteiger partial charge in [0.25, 0.3) is 15.0 Å². The monoisotopic (exact) mass is 367 g/mol. The van der Waals surface area contributed by atoms with Crippen LogP contribution < -0.4 is 0 Å². The number of rotatable bonds is 2. The number of hydrogen-bond donors (Lipinski definition) is 0. The maximum Gasteiger partial charge on any atom is 0.262 e. The summed E-state index contributed by atoms with van der Waals surface area (Å²) in [4.78, 5) is 14.1.